The summed E-state index contributed by atoms with van der Waals surface area (Å²) in [5.74, 6) is -1.05. The molecule has 0 atom stereocenters. The van der Waals surface area contributed by atoms with Gasteiger partial charge in [-0.05, 0) is 25.1 Å². The van der Waals surface area contributed by atoms with E-state index in [0.717, 1.165) is 18.4 Å². The summed E-state index contributed by atoms with van der Waals surface area (Å²) in [6.45, 7) is 2.69. The lowest BCUT2D eigenvalue weighted by Crippen LogP contribution is -2.15. The molecule has 2 aromatic rings. The first-order valence-electron chi connectivity index (χ1n) is 5.81. The van der Waals surface area contributed by atoms with Gasteiger partial charge in [0.1, 0.15) is 5.69 Å². The first-order valence-corrected chi connectivity index (χ1v) is 5.81. The molecule has 2 N–H and O–H groups in total. The molecule has 2 aromatic heterocycles. The Morgan fingerprint density at radius 1 is 1.37 bits per heavy atom. The number of aromatic nitrogens is 2. The predicted octanol–water partition coefficient (Wildman–Crippen LogP) is 2.30. The van der Waals surface area contributed by atoms with Crippen molar-refractivity contribution in [1.29, 1.82) is 0 Å². The summed E-state index contributed by atoms with van der Waals surface area (Å²) in [6, 6.07) is 4.76. The summed E-state index contributed by atoms with van der Waals surface area (Å²) in [6.07, 6.45) is 3.97. The van der Waals surface area contributed by atoms with Gasteiger partial charge < -0.3 is 10.6 Å². The Kier molecular flexibility index (Phi) is 4.02. The van der Waals surface area contributed by atoms with E-state index in [1.165, 1.54) is 18.5 Å². The molecule has 98 valence electrons. The fraction of sp³-hybridized carbons (Fsp3) is 0.154. The topological polar surface area (TPSA) is 66.9 Å². The first-order chi connectivity index (χ1) is 9.20. The zero-order chi connectivity index (χ0) is 13.7. The molecule has 5 nitrogen and oxygen atoms in total. The number of nitrogens with one attached hydrogen (secondary N) is 2. The maximum atomic E-state index is 13.4. The third-order valence-electron chi connectivity index (χ3n) is 2.39. The summed E-state index contributed by atoms with van der Waals surface area (Å²) in [5.41, 5.74) is 1.09. The van der Waals surface area contributed by atoms with Gasteiger partial charge in [-0.25, -0.2) is 4.39 Å². The van der Waals surface area contributed by atoms with Crippen LogP contribution in [-0.4, -0.2) is 22.4 Å². The van der Waals surface area contributed by atoms with Crippen LogP contribution in [-0.2, 0) is 0 Å². The maximum absolute atomic E-state index is 13.4. The fourth-order valence-corrected chi connectivity index (χ4v) is 1.53. The smallest absolute Gasteiger partial charge is 0.274 e. The monoisotopic (exact) mass is 260 g/mol. The number of pyridine rings is 2. The van der Waals surface area contributed by atoms with Crippen molar-refractivity contribution in [3.05, 3.63) is 48.3 Å². The predicted molar refractivity (Wildman–Crippen MR) is 70.5 cm³/mol. The molecule has 0 fully saturated rings. The third kappa shape index (κ3) is 3.25. The molecule has 0 spiro atoms. The number of nitrogens with zero attached hydrogens (tertiary/aromatic N) is 2. The van der Waals surface area contributed by atoms with Crippen molar-refractivity contribution in [2.24, 2.45) is 0 Å². The second-order valence-corrected chi connectivity index (χ2v) is 3.77. The molecule has 0 aliphatic carbocycles. The molecule has 2 heterocycles. The Morgan fingerprint density at radius 2 is 2.21 bits per heavy atom. The second kappa shape index (κ2) is 5.90. The number of amides is 1. The summed E-state index contributed by atoms with van der Waals surface area (Å²) in [7, 11) is 0. The average molecular weight is 260 g/mol. The van der Waals surface area contributed by atoms with Gasteiger partial charge in [0.2, 0.25) is 0 Å². The Morgan fingerprint density at radius 3 is 2.95 bits per heavy atom. The molecule has 0 aromatic carbocycles. The van der Waals surface area contributed by atoms with Gasteiger partial charge in [0.05, 0.1) is 11.9 Å². The van der Waals surface area contributed by atoms with Crippen molar-refractivity contribution >= 4 is 17.3 Å². The van der Waals surface area contributed by atoms with Crippen molar-refractivity contribution in [3.63, 3.8) is 0 Å². The Labute approximate surface area is 109 Å². The van der Waals surface area contributed by atoms with Crippen molar-refractivity contribution in [2.75, 3.05) is 17.2 Å². The number of rotatable bonds is 4. The zero-order valence-electron chi connectivity index (χ0n) is 10.4. The third-order valence-corrected chi connectivity index (χ3v) is 2.39. The number of carbonyl (C=O) groups is 1. The lowest BCUT2D eigenvalue weighted by atomic mass is 10.3. The normalized spacial score (nSPS) is 10.0. The quantitative estimate of drug-likeness (QED) is 0.885. The van der Waals surface area contributed by atoms with Crippen LogP contribution in [0.1, 0.15) is 17.4 Å². The van der Waals surface area contributed by atoms with Crippen molar-refractivity contribution < 1.29 is 9.18 Å². The molecular weight excluding hydrogens is 247 g/mol. The summed E-state index contributed by atoms with van der Waals surface area (Å²) < 4.78 is 13.4. The van der Waals surface area contributed by atoms with Gasteiger partial charge in [0.25, 0.3) is 5.91 Å². The molecule has 0 saturated heterocycles. The van der Waals surface area contributed by atoms with Crippen LogP contribution in [0.25, 0.3) is 0 Å². The largest absolute Gasteiger partial charge is 0.385 e. The van der Waals surface area contributed by atoms with Crippen LogP contribution in [0.2, 0.25) is 0 Å². The number of hydrogen-bond donors (Lipinski definition) is 2. The van der Waals surface area contributed by atoms with Crippen molar-refractivity contribution in [2.45, 2.75) is 6.92 Å². The minimum Gasteiger partial charge on any atom is -0.385 e. The van der Waals surface area contributed by atoms with Crippen LogP contribution in [0.15, 0.2) is 36.8 Å². The SMILES string of the molecule is CCNc1ccnc(C(=O)Nc2ccncc2F)c1. The lowest BCUT2D eigenvalue weighted by Gasteiger charge is -2.07. The van der Waals surface area contributed by atoms with E-state index in [9.17, 15) is 9.18 Å². The van der Waals surface area contributed by atoms with Gasteiger partial charge in [-0.3, -0.25) is 14.8 Å². The minimum atomic E-state index is -0.585. The lowest BCUT2D eigenvalue weighted by molar-refractivity contribution is 0.102. The van der Waals surface area contributed by atoms with Gasteiger partial charge in [0.15, 0.2) is 5.82 Å². The van der Waals surface area contributed by atoms with Crippen LogP contribution in [0.5, 0.6) is 0 Å². The highest BCUT2D eigenvalue weighted by molar-refractivity contribution is 6.03. The van der Waals surface area contributed by atoms with Crippen LogP contribution in [0.3, 0.4) is 0 Å². The number of halogens is 1. The molecule has 0 bridgehead atoms. The van der Waals surface area contributed by atoms with E-state index in [2.05, 4.69) is 20.6 Å². The van der Waals surface area contributed by atoms with Crippen LogP contribution >= 0.6 is 0 Å². The van der Waals surface area contributed by atoms with Gasteiger partial charge >= 0.3 is 0 Å². The van der Waals surface area contributed by atoms with Crippen LogP contribution in [0.4, 0.5) is 15.8 Å². The summed E-state index contributed by atoms with van der Waals surface area (Å²) >= 11 is 0. The first kappa shape index (κ1) is 12.9. The Bertz CT molecular complexity index is 588. The zero-order valence-corrected chi connectivity index (χ0v) is 10.4. The van der Waals surface area contributed by atoms with Gasteiger partial charge in [-0.2, -0.15) is 0 Å². The number of hydrogen-bond acceptors (Lipinski definition) is 4. The van der Waals surface area contributed by atoms with E-state index >= 15 is 0 Å². The molecule has 0 saturated carbocycles. The molecular formula is C13H13FN4O. The highest BCUT2D eigenvalue weighted by Crippen LogP contribution is 2.13. The molecule has 0 aliphatic rings. The molecule has 0 aliphatic heterocycles. The highest BCUT2D eigenvalue weighted by Gasteiger charge is 2.10. The summed E-state index contributed by atoms with van der Waals surface area (Å²) in [5, 5.41) is 5.53. The van der Waals surface area contributed by atoms with E-state index in [1.54, 1.807) is 12.1 Å². The Balaban J connectivity index is 2.16. The maximum Gasteiger partial charge on any atom is 0.274 e. The fourth-order valence-electron chi connectivity index (χ4n) is 1.53. The number of anilines is 2. The average Bonchev–Trinajstić information content (AvgIpc) is 2.42. The van der Waals surface area contributed by atoms with Crippen molar-refractivity contribution in [1.82, 2.24) is 9.97 Å². The van der Waals surface area contributed by atoms with E-state index < -0.39 is 11.7 Å². The van der Waals surface area contributed by atoms with Crippen LogP contribution < -0.4 is 10.6 Å². The van der Waals surface area contributed by atoms with E-state index in [4.69, 9.17) is 0 Å². The van der Waals surface area contributed by atoms with Crippen LogP contribution in [0, 0.1) is 5.82 Å². The minimum absolute atomic E-state index is 0.0793. The van der Waals surface area contributed by atoms with Gasteiger partial charge in [0, 0.05) is 24.6 Å². The molecule has 19 heavy (non-hydrogen) atoms. The van der Waals surface area contributed by atoms with Gasteiger partial charge in [-0.1, -0.05) is 0 Å². The van der Waals surface area contributed by atoms with E-state index in [1.807, 2.05) is 6.92 Å². The van der Waals surface area contributed by atoms with Gasteiger partial charge in [-0.15, -0.1) is 0 Å². The molecule has 1 amide bonds. The summed E-state index contributed by atoms with van der Waals surface area (Å²) in [4.78, 5) is 19.5. The standard InChI is InChI=1S/C13H13FN4O/c1-2-16-9-3-6-17-12(7-9)13(19)18-11-4-5-15-8-10(11)14/h3-8H,2H2,1H3,(H,16,17)(H,15,18,19). The van der Waals surface area contributed by atoms with E-state index in [-0.39, 0.29) is 11.4 Å². The Hall–Kier alpha value is -2.50. The number of carbonyl (C=O) groups excluding carboxylic acids is 1. The molecule has 0 radical (unpaired) electrons. The van der Waals surface area contributed by atoms with Crippen molar-refractivity contribution in [3.8, 4) is 0 Å². The highest BCUT2D eigenvalue weighted by atomic mass is 19.1. The van der Waals surface area contributed by atoms with E-state index in [0.29, 0.717) is 0 Å². The second-order valence-electron chi connectivity index (χ2n) is 3.77. The molecule has 0 unspecified atom stereocenters. The molecule has 2 rings (SSSR count). The molecule has 6 heteroatoms.